The fourth-order valence-electron chi connectivity index (χ4n) is 5.90. The van der Waals surface area contributed by atoms with Crippen LogP contribution in [0.15, 0.2) is 47.9 Å². The molecule has 164 valence electrons. The minimum absolute atomic E-state index is 0.0830. The Hall–Kier alpha value is -2.77. The highest BCUT2D eigenvalue weighted by molar-refractivity contribution is 7.12. The van der Waals surface area contributed by atoms with Crippen LogP contribution in [-0.4, -0.2) is 53.8 Å². The molecule has 7 heteroatoms. The maximum atomic E-state index is 13.7. The number of hydrogen-bond acceptors (Lipinski definition) is 6. The lowest BCUT2D eigenvalue weighted by Crippen LogP contribution is -2.49. The van der Waals surface area contributed by atoms with E-state index >= 15 is 0 Å². The van der Waals surface area contributed by atoms with E-state index in [1.165, 1.54) is 16.2 Å². The molecule has 0 spiro atoms. The number of thiophene rings is 1. The maximum absolute atomic E-state index is 13.7. The number of carbonyl (C=O) groups excluding carboxylic acids is 3. The van der Waals surface area contributed by atoms with Gasteiger partial charge in [0.15, 0.2) is 5.78 Å². The van der Waals surface area contributed by atoms with Crippen molar-refractivity contribution >= 4 is 40.2 Å². The Balaban J connectivity index is 1.45. The molecule has 3 fully saturated rings. The van der Waals surface area contributed by atoms with Crippen LogP contribution in [0.1, 0.15) is 35.0 Å². The van der Waals surface area contributed by atoms with E-state index in [2.05, 4.69) is 6.08 Å². The van der Waals surface area contributed by atoms with Crippen LogP contribution in [0.4, 0.5) is 5.69 Å². The van der Waals surface area contributed by atoms with Crippen molar-refractivity contribution in [2.24, 2.45) is 11.8 Å². The molecule has 2 aromatic rings. The van der Waals surface area contributed by atoms with Gasteiger partial charge in [0.25, 0.3) is 0 Å². The summed E-state index contributed by atoms with van der Waals surface area (Å²) >= 11 is 1.38. The summed E-state index contributed by atoms with van der Waals surface area (Å²) < 4.78 is 5.70. The quantitative estimate of drug-likeness (QED) is 0.530. The first kappa shape index (κ1) is 19.9. The molecule has 0 aliphatic carbocycles. The zero-order valence-electron chi connectivity index (χ0n) is 17.8. The number of imide groups is 1. The highest BCUT2D eigenvalue weighted by atomic mass is 32.1. The van der Waals surface area contributed by atoms with Gasteiger partial charge in [0.2, 0.25) is 11.8 Å². The lowest BCUT2D eigenvalue weighted by molar-refractivity contribution is -0.142. The van der Waals surface area contributed by atoms with Crippen molar-refractivity contribution in [2.75, 3.05) is 18.1 Å². The second-order valence-electron chi connectivity index (χ2n) is 9.02. The molecule has 0 bridgehead atoms. The summed E-state index contributed by atoms with van der Waals surface area (Å²) in [5.74, 6) is -1.72. The maximum Gasteiger partial charge on any atom is 0.235 e. The fraction of sp³-hybridized carbons (Fsp3) is 0.400. The molecule has 1 aromatic carbocycles. The minimum atomic E-state index is -0.694. The first-order valence-corrected chi connectivity index (χ1v) is 12.0. The van der Waals surface area contributed by atoms with Gasteiger partial charge in [0.05, 0.1) is 35.4 Å². The number of likely N-dealkylation sites (tertiary alicyclic amines) is 1. The van der Waals surface area contributed by atoms with Gasteiger partial charge in [-0.05, 0) is 42.9 Å². The number of benzene rings is 1. The molecular formula is C25H24N2O4S. The summed E-state index contributed by atoms with van der Waals surface area (Å²) in [5, 5.41) is 1.87. The van der Waals surface area contributed by atoms with Crippen LogP contribution in [0.3, 0.4) is 0 Å². The van der Waals surface area contributed by atoms with E-state index in [1.807, 2.05) is 47.5 Å². The molecule has 1 aromatic heterocycles. The van der Waals surface area contributed by atoms with Crippen LogP contribution >= 0.6 is 11.3 Å². The Morgan fingerprint density at radius 2 is 1.94 bits per heavy atom. The first-order chi connectivity index (χ1) is 15.6. The van der Waals surface area contributed by atoms with Gasteiger partial charge < -0.3 is 9.64 Å². The molecule has 5 atom stereocenters. The number of rotatable bonds is 4. The lowest BCUT2D eigenvalue weighted by Gasteiger charge is -2.38. The normalized spacial score (nSPS) is 30.9. The number of amides is 2. The van der Waals surface area contributed by atoms with E-state index in [4.69, 9.17) is 4.74 Å². The van der Waals surface area contributed by atoms with Crippen molar-refractivity contribution in [1.29, 1.82) is 0 Å². The SMILES string of the molecule is CC1=C[C@H]2[C@@H]3C(=O)N(C[C@H]4CCCO4)C(=O)[C@@H]3[C@@H](C(=O)c3cccs3)N2c2ccccc21. The third-order valence-corrected chi connectivity index (χ3v) is 8.17. The highest BCUT2D eigenvalue weighted by Crippen LogP contribution is 2.50. The predicted octanol–water partition coefficient (Wildman–Crippen LogP) is 3.39. The van der Waals surface area contributed by atoms with E-state index in [0.717, 1.165) is 29.7 Å². The summed E-state index contributed by atoms with van der Waals surface area (Å²) in [4.78, 5) is 45.0. The number of Topliss-reactive ketones (excluding diaryl/α,β-unsaturated/α-hetero) is 1. The Morgan fingerprint density at radius 1 is 1.12 bits per heavy atom. The van der Waals surface area contributed by atoms with E-state index < -0.39 is 17.9 Å². The number of ketones is 1. The van der Waals surface area contributed by atoms with E-state index in [0.29, 0.717) is 11.5 Å². The van der Waals surface area contributed by atoms with Crippen molar-refractivity contribution in [3.05, 3.63) is 58.3 Å². The Labute approximate surface area is 190 Å². The summed E-state index contributed by atoms with van der Waals surface area (Å²) in [6.45, 7) is 2.99. The van der Waals surface area contributed by atoms with Crippen LogP contribution in [-0.2, 0) is 14.3 Å². The second kappa shape index (κ2) is 7.39. The van der Waals surface area contributed by atoms with Gasteiger partial charge >= 0.3 is 0 Å². The molecule has 0 unspecified atom stereocenters. The van der Waals surface area contributed by atoms with E-state index in [1.54, 1.807) is 6.07 Å². The standard InChI is InChI=1S/C25H24N2O4S/c1-14-12-18-20-21(25(30)26(24(20)29)13-15-6-4-10-31-15)22(23(28)19-9-5-11-32-19)27(18)17-8-3-2-7-16(14)17/h2-3,5,7-9,11-12,15,18,20-22H,4,6,10,13H2,1H3/t15-,18+,20+,21+,22+/m1/s1. The molecule has 0 radical (unpaired) electrons. The molecule has 6 rings (SSSR count). The molecule has 5 heterocycles. The predicted molar refractivity (Wildman–Crippen MR) is 121 cm³/mol. The molecule has 4 aliphatic heterocycles. The lowest BCUT2D eigenvalue weighted by atomic mass is 9.86. The van der Waals surface area contributed by atoms with Gasteiger partial charge in [-0.25, -0.2) is 0 Å². The second-order valence-corrected chi connectivity index (χ2v) is 9.97. The van der Waals surface area contributed by atoms with Crippen LogP contribution in [0.25, 0.3) is 5.57 Å². The summed E-state index contributed by atoms with van der Waals surface area (Å²) in [5.41, 5.74) is 3.04. The molecule has 0 saturated carbocycles. The molecule has 3 saturated heterocycles. The van der Waals surface area contributed by atoms with Gasteiger partial charge in [-0.1, -0.05) is 30.3 Å². The topological polar surface area (TPSA) is 66.9 Å². The summed E-state index contributed by atoms with van der Waals surface area (Å²) in [7, 11) is 0. The molecule has 0 N–H and O–H groups in total. The van der Waals surface area contributed by atoms with Gasteiger partial charge in [-0.15, -0.1) is 11.3 Å². The van der Waals surface area contributed by atoms with Crippen LogP contribution in [0.5, 0.6) is 0 Å². The molecule has 32 heavy (non-hydrogen) atoms. The van der Waals surface area contributed by atoms with Gasteiger partial charge in [0.1, 0.15) is 6.04 Å². The molecule has 2 amide bonds. The highest BCUT2D eigenvalue weighted by Gasteiger charge is 2.64. The van der Waals surface area contributed by atoms with Crippen molar-refractivity contribution in [3.63, 3.8) is 0 Å². The van der Waals surface area contributed by atoms with Crippen molar-refractivity contribution in [2.45, 2.75) is 38.0 Å². The number of hydrogen-bond donors (Lipinski definition) is 0. The third-order valence-electron chi connectivity index (χ3n) is 7.29. The third kappa shape index (κ3) is 2.77. The number of fused-ring (bicyclic) bond motifs is 5. The largest absolute Gasteiger partial charge is 0.376 e. The van der Waals surface area contributed by atoms with Crippen LogP contribution in [0.2, 0.25) is 0 Å². The van der Waals surface area contributed by atoms with Gasteiger partial charge in [0, 0.05) is 17.9 Å². The Kier molecular flexibility index (Phi) is 4.59. The van der Waals surface area contributed by atoms with Gasteiger partial charge in [-0.3, -0.25) is 19.3 Å². The van der Waals surface area contributed by atoms with Crippen molar-refractivity contribution in [1.82, 2.24) is 4.90 Å². The first-order valence-electron chi connectivity index (χ1n) is 11.2. The number of allylic oxidation sites excluding steroid dienone is 1. The van der Waals surface area contributed by atoms with E-state index in [9.17, 15) is 14.4 Å². The summed E-state index contributed by atoms with van der Waals surface area (Å²) in [6.07, 6.45) is 3.77. The minimum Gasteiger partial charge on any atom is -0.376 e. The average molecular weight is 449 g/mol. The number of nitrogens with zero attached hydrogens (tertiary/aromatic N) is 2. The zero-order chi connectivity index (χ0) is 22.0. The average Bonchev–Trinajstić information content (AvgIpc) is 3.58. The van der Waals surface area contributed by atoms with E-state index in [-0.39, 0.29) is 36.3 Å². The Morgan fingerprint density at radius 3 is 2.69 bits per heavy atom. The number of ether oxygens (including phenoxy) is 1. The van der Waals surface area contributed by atoms with Crippen LogP contribution < -0.4 is 4.90 Å². The number of carbonyl (C=O) groups is 3. The number of anilines is 1. The van der Waals surface area contributed by atoms with Crippen molar-refractivity contribution in [3.8, 4) is 0 Å². The number of para-hydroxylation sites is 1. The molecule has 6 nitrogen and oxygen atoms in total. The van der Waals surface area contributed by atoms with Gasteiger partial charge in [-0.2, -0.15) is 0 Å². The smallest absolute Gasteiger partial charge is 0.235 e. The molecular weight excluding hydrogens is 424 g/mol. The monoisotopic (exact) mass is 448 g/mol. The Bertz CT molecular complexity index is 1130. The molecule has 4 aliphatic rings. The van der Waals surface area contributed by atoms with Crippen molar-refractivity contribution < 1.29 is 19.1 Å². The zero-order valence-corrected chi connectivity index (χ0v) is 18.6. The summed E-state index contributed by atoms with van der Waals surface area (Å²) in [6, 6.07) is 10.6. The fourth-order valence-corrected chi connectivity index (χ4v) is 6.59. The van der Waals surface area contributed by atoms with Crippen LogP contribution in [0, 0.1) is 11.8 Å².